The second-order valence-electron chi connectivity index (χ2n) is 5.84. The molecule has 1 unspecified atom stereocenters. The van der Waals surface area contributed by atoms with E-state index >= 15 is 0 Å². The van der Waals surface area contributed by atoms with Gasteiger partial charge in [0.2, 0.25) is 0 Å². The van der Waals surface area contributed by atoms with Gasteiger partial charge < -0.3 is 15.2 Å². The first-order valence-corrected chi connectivity index (χ1v) is 8.43. The summed E-state index contributed by atoms with van der Waals surface area (Å²) < 4.78 is 5.15. The van der Waals surface area contributed by atoms with Gasteiger partial charge in [0.25, 0.3) is 5.91 Å². The average molecular weight is 347 g/mol. The van der Waals surface area contributed by atoms with Gasteiger partial charge in [-0.2, -0.15) is 0 Å². The summed E-state index contributed by atoms with van der Waals surface area (Å²) in [4.78, 5) is 25.1. The number of methoxy groups -OCH3 is 1. The van der Waals surface area contributed by atoms with Gasteiger partial charge in [0.15, 0.2) is 0 Å². The Balaban J connectivity index is 2.23. The van der Waals surface area contributed by atoms with Crippen LogP contribution in [0.1, 0.15) is 28.4 Å². The van der Waals surface area contributed by atoms with E-state index in [9.17, 15) is 14.7 Å². The van der Waals surface area contributed by atoms with Crippen molar-refractivity contribution in [2.24, 2.45) is 5.92 Å². The van der Waals surface area contributed by atoms with Gasteiger partial charge in [0.1, 0.15) is 11.8 Å². The molecule has 2 rings (SSSR count). The van der Waals surface area contributed by atoms with Gasteiger partial charge in [-0.3, -0.25) is 4.79 Å². The number of ether oxygens (including phenoxy) is 1. The van der Waals surface area contributed by atoms with Crippen molar-refractivity contribution in [2.75, 3.05) is 7.11 Å². The van der Waals surface area contributed by atoms with Crippen LogP contribution in [0.4, 0.5) is 0 Å². The summed E-state index contributed by atoms with van der Waals surface area (Å²) in [5, 5.41) is 11.8. The Kier molecular flexibility index (Phi) is 5.62. The van der Waals surface area contributed by atoms with Crippen molar-refractivity contribution < 1.29 is 19.4 Å². The third-order valence-corrected chi connectivity index (χ3v) is 4.81. The normalized spacial score (nSPS) is 12.0. The van der Waals surface area contributed by atoms with Crippen LogP contribution in [0.2, 0.25) is 0 Å². The molecule has 1 aromatic carbocycles. The predicted molar refractivity (Wildman–Crippen MR) is 94.8 cm³/mol. The SMILES string of the molecule is COc1ccc(-c2cc(C(=O)NC(C(=O)O)C(C)C)sc2C)cc1. The molecule has 0 aliphatic carbocycles. The van der Waals surface area contributed by atoms with Crippen LogP contribution < -0.4 is 10.1 Å². The summed E-state index contributed by atoms with van der Waals surface area (Å²) in [6.45, 7) is 5.47. The van der Waals surface area contributed by atoms with Gasteiger partial charge >= 0.3 is 5.97 Å². The van der Waals surface area contributed by atoms with Crippen LogP contribution in [0.25, 0.3) is 11.1 Å². The summed E-state index contributed by atoms with van der Waals surface area (Å²) in [6.07, 6.45) is 0. The average Bonchev–Trinajstić information content (AvgIpc) is 2.93. The highest BCUT2D eigenvalue weighted by Gasteiger charge is 2.25. The van der Waals surface area contributed by atoms with Crippen LogP contribution in [-0.2, 0) is 4.79 Å². The first kappa shape index (κ1) is 18.0. The van der Waals surface area contributed by atoms with E-state index in [2.05, 4.69) is 5.32 Å². The van der Waals surface area contributed by atoms with E-state index in [1.165, 1.54) is 11.3 Å². The minimum absolute atomic E-state index is 0.187. The molecule has 1 amide bonds. The van der Waals surface area contributed by atoms with Crippen molar-refractivity contribution in [3.05, 3.63) is 40.1 Å². The number of rotatable bonds is 6. The number of carboxylic acids is 1. The molecule has 1 aromatic heterocycles. The number of amides is 1. The Labute approximate surface area is 145 Å². The maximum absolute atomic E-state index is 12.4. The third kappa shape index (κ3) is 3.94. The number of hydrogen-bond acceptors (Lipinski definition) is 4. The standard InChI is InChI=1S/C18H21NO4S/c1-10(2)16(18(21)22)19-17(20)15-9-14(11(3)24-15)12-5-7-13(23-4)8-6-12/h5-10,16H,1-4H3,(H,19,20)(H,21,22). The van der Waals surface area contributed by atoms with E-state index in [0.29, 0.717) is 4.88 Å². The molecule has 0 fully saturated rings. The van der Waals surface area contributed by atoms with Gasteiger partial charge in [-0.25, -0.2) is 4.79 Å². The number of carboxylic acid groups (broad SMARTS) is 1. The molecule has 0 spiro atoms. The molecular formula is C18H21NO4S. The maximum atomic E-state index is 12.4. The number of aliphatic carboxylic acids is 1. The molecule has 5 nitrogen and oxygen atoms in total. The number of carbonyl (C=O) groups is 2. The number of nitrogens with one attached hydrogen (secondary N) is 1. The topological polar surface area (TPSA) is 75.6 Å². The van der Waals surface area contributed by atoms with E-state index in [1.807, 2.05) is 31.2 Å². The molecule has 2 aromatic rings. The van der Waals surface area contributed by atoms with Crippen LogP contribution >= 0.6 is 11.3 Å². The quantitative estimate of drug-likeness (QED) is 0.837. The number of aryl methyl sites for hydroxylation is 1. The highest BCUT2D eigenvalue weighted by molar-refractivity contribution is 7.14. The van der Waals surface area contributed by atoms with Gasteiger partial charge in [-0.1, -0.05) is 26.0 Å². The van der Waals surface area contributed by atoms with E-state index < -0.39 is 12.0 Å². The van der Waals surface area contributed by atoms with Crippen molar-refractivity contribution in [3.8, 4) is 16.9 Å². The second-order valence-corrected chi connectivity index (χ2v) is 7.10. The Bertz CT molecular complexity index is 734. The Morgan fingerprint density at radius 3 is 2.33 bits per heavy atom. The molecular weight excluding hydrogens is 326 g/mol. The van der Waals surface area contributed by atoms with Crippen LogP contribution in [0.3, 0.4) is 0 Å². The largest absolute Gasteiger partial charge is 0.497 e. The van der Waals surface area contributed by atoms with E-state index in [1.54, 1.807) is 27.0 Å². The Morgan fingerprint density at radius 1 is 1.21 bits per heavy atom. The first-order chi connectivity index (χ1) is 11.3. The molecule has 0 saturated carbocycles. The number of benzene rings is 1. The lowest BCUT2D eigenvalue weighted by Crippen LogP contribution is -2.44. The molecule has 24 heavy (non-hydrogen) atoms. The van der Waals surface area contributed by atoms with Gasteiger partial charge in [-0.05, 0) is 42.2 Å². The van der Waals surface area contributed by atoms with Gasteiger partial charge in [0, 0.05) is 4.88 Å². The first-order valence-electron chi connectivity index (χ1n) is 7.62. The van der Waals surface area contributed by atoms with Crippen molar-refractivity contribution in [1.29, 1.82) is 0 Å². The molecule has 0 aliphatic rings. The van der Waals surface area contributed by atoms with Crippen LogP contribution in [0, 0.1) is 12.8 Å². The zero-order valence-corrected chi connectivity index (χ0v) is 14.9. The lowest BCUT2D eigenvalue weighted by molar-refractivity contribution is -0.140. The third-order valence-electron chi connectivity index (χ3n) is 3.76. The van der Waals surface area contributed by atoms with E-state index in [4.69, 9.17) is 4.74 Å². The summed E-state index contributed by atoms with van der Waals surface area (Å²) in [5.74, 6) is -0.801. The zero-order chi connectivity index (χ0) is 17.9. The molecule has 0 radical (unpaired) electrons. The van der Waals surface area contributed by atoms with Crippen molar-refractivity contribution >= 4 is 23.2 Å². The van der Waals surface area contributed by atoms with E-state index in [-0.39, 0.29) is 11.8 Å². The zero-order valence-electron chi connectivity index (χ0n) is 14.1. The highest BCUT2D eigenvalue weighted by Crippen LogP contribution is 2.32. The Morgan fingerprint density at radius 2 is 1.83 bits per heavy atom. The molecule has 0 bridgehead atoms. The molecule has 1 atom stereocenters. The predicted octanol–water partition coefficient (Wildman–Crippen LogP) is 3.57. The summed E-state index contributed by atoms with van der Waals surface area (Å²) in [7, 11) is 1.61. The van der Waals surface area contributed by atoms with Gasteiger partial charge in [-0.15, -0.1) is 11.3 Å². The lowest BCUT2D eigenvalue weighted by Gasteiger charge is -2.17. The summed E-state index contributed by atoms with van der Waals surface area (Å²) in [5.41, 5.74) is 1.95. The smallest absolute Gasteiger partial charge is 0.326 e. The molecule has 0 aliphatic heterocycles. The minimum atomic E-state index is -1.03. The van der Waals surface area contributed by atoms with Crippen LogP contribution in [-0.4, -0.2) is 30.1 Å². The minimum Gasteiger partial charge on any atom is -0.497 e. The fraction of sp³-hybridized carbons (Fsp3) is 0.333. The van der Waals surface area contributed by atoms with Crippen LogP contribution in [0.15, 0.2) is 30.3 Å². The Hall–Kier alpha value is -2.34. The number of carbonyl (C=O) groups excluding carboxylic acids is 1. The maximum Gasteiger partial charge on any atom is 0.326 e. The fourth-order valence-corrected chi connectivity index (χ4v) is 3.32. The molecule has 2 N–H and O–H groups in total. The molecule has 1 heterocycles. The highest BCUT2D eigenvalue weighted by atomic mass is 32.1. The van der Waals surface area contributed by atoms with Crippen molar-refractivity contribution in [3.63, 3.8) is 0 Å². The summed E-state index contributed by atoms with van der Waals surface area (Å²) >= 11 is 1.36. The molecule has 128 valence electrons. The van der Waals surface area contributed by atoms with Gasteiger partial charge in [0.05, 0.1) is 12.0 Å². The molecule has 6 heteroatoms. The second kappa shape index (κ2) is 7.49. The molecule has 0 saturated heterocycles. The summed E-state index contributed by atoms with van der Waals surface area (Å²) in [6, 6.07) is 8.50. The van der Waals surface area contributed by atoms with Crippen molar-refractivity contribution in [1.82, 2.24) is 5.32 Å². The van der Waals surface area contributed by atoms with Crippen LogP contribution in [0.5, 0.6) is 5.75 Å². The monoisotopic (exact) mass is 347 g/mol. The van der Waals surface area contributed by atoms with Crippen molar-refractivity contribution in [2.45, 2.75) is 26.8 Å². The van der Waals surface area contributed by atoms with E-state index in [0.717, 1.165) is 21.8 Å². The number of thiophene rings is 1. The lowest BCUT2D eigenvalue weighted by atomic mass is 10.0. The fourth-order valence-electron chi connectivity index (χ4n) is 2.38. The number of hydrogen-bond donors (Lipinski definition) is 2.